The molecule has 0 atom stereocenters. The van der Waals surface area contributed by atoms with Crippen LogP contribution < -0.4 is 5.32 Å². The fourth-order valence-corrected chi connectivity index (χ4v) is 3.10. The molecular formula is C27H34N4O2. The molecular weight excluding hydrogens is 412 g/mol. The van der Waals surface area contributed by atoms with Crippen molar-refractivity contribution in [1.29, 1.82) is 5.26 Å². The van der Waals surface area contributed by atoms with Gasteiger partial charge in [0.05, 0.1) is 12.3 Å². The lowest BCUT2D eigenvalue weighted by Gasteiger charge is -2.21. The maximum Gasteiger partial charge on any atom is 0.256 e. The Morgan fingerprint density at radius 3 is 2.52 bits per heavy atom. The Morgan fingerprint density at radius 1 is 1.18 bits per heavy atom. The van der Waals surface area contributed by atoms with Gasteiger partial charge in [0, 0.05) is 31.3 Å². The van der Waals surface area contributed by atoms with E-state index in [0.717, 1.165) is 41.9 Å². The first kappa shape index (κ1) is 27.5. The average Bonchev–Trinajstić information content (AvgIpc) is 2.84. The van der Waals surface area contributed by atoms with Crippen LogP contribution in [0.25, 0.3) is 12.2 Å². The molecule has 0 bridgehead atoms. The van der Waals surface area contributed by atoms with E-state index in [1.807, 2.05) is 67.7 Å². The summed E-state index contributed by atoms with van der Waals surface area (Å²) in [5.41, 5.74) is 5.15. The highest BCUT2D eigenvalue weighted by Gasteiger charge is 2.07. The summed E-state index contributed by atoms with van der Waals surface area (Å²) in [6.45, 7) is 12.0. The number of rotatable bonds is 11. The number of nitrogens with zero attached hydrogens (tertiary/aromatic N) is 3. The maximum atomic E-state index is 11.3. The molecule has 1 amide bonds. The molecule has 0 unspecified atom stereocenters. The van der Waals surface area contributed by atoms with Gasteiger partial charge in [-0.3, -0.25) is 20.0 Å². The van der Waals surface area contributed by atoms with E-state index in [4.69, 9.17) is 5.26 Å². The highest BCUT2D eigenvalue weighted by Crippen LogP contribution is 2.21. The lowest BCUT2D eigenvalue weighted by Crippen LogP contribution is -2.27. The van der Waals surface area contributed by atoms with Crippen molar-refractivity contribution in [3.63, 3.8) is 0 Å². The molecule has 0 spiro atoms. The summed E-state index contributed by atoms with van der Waals surface area (Å²) >= 11 is 0. The minimum atomic E-state index is -0.449. The summed E-state index contributed by atoms with van der Waals surface area (Å²) in [6, 6.07) is 15.8. The molecule has 2 aromatic carbocycles. The third kappa shape index (κ3) is 10.6. The number of aliphatic imine (C=N–C) groups is 1. The molecule has 2 aromatic rings. The minimum Gasteiger partial charge on any atom is -0.395 e. The highest BCUT2D eigenvalue weighted by atomic mass is 16.3. The highest BCUT2D eigenvalue weighted by molar-refractivity contribution is 5.92. The number of benzene rings is 2. The number of aliphatic hydroxyl groups is 1. The minimum absolute atomic E-state index is 0.0980. The monoisotopic (exact) mass is 446 g/mol. The summed E-state index contributed by atoms with van der Waals surface area (Å²) in [4.78, 5) is 17.6. The van der Waals surface area contributed by atoms with Crippen molar-refractivity contribution >= 4 is 30.5 Å². The van der Waals surface area contributed by atoms with Gasteiger partial charge in [0.1, 0.15) is 0 Å². The van der Waals surface area contributed by atoms with Gasteiger partial charge >= 0.3 is 0 Å². The van der Waals surface area contributed by atoms with Gasteiger partial charge in [0.15, 0.2) is 6.19 Å². The second-order valence-corrected chi connectivity index (χ2v) is 7.13. The van der Waals surface area contributed by atoms with E-state index in [2.05, 4.69) is 29.6 Å². The molecule has 6 nitrogen and oxygen atoms in total. The van der Waals surface area contributed by atoms with Crippen LogP contribution in [0.4, 0.5) is 5.69 Å². The second-order valence-electron chi connectivity index (χ2n) is 7.13. The predicted octanol–water partition coefficient (Wildman–Crippen LogP) is 4.94. The van der Waals surface area contributed by atoms with Crippen LogP contribution in [-0.4, -0.2) is 42.3 Å². The molecule has 0 aliphatic heterocycles. The van der Waals surface area contributed by atoms with E-state index in [9.17, 15) is 9.90 Å². The van der Waals surface area contributed by atoms with Crippen LogP contribution in [0.2, 0.25) is 0 Å². The Hall–Kier alpha value is -3.53. The van der Waals surface area contributed by atoms with E-state index in [0.29, 0.717) is 6.54 Å². The normalized spacial score (nSPS) is 11.0. The Labute approximate surface area is 197 Å². The quantitative estimate of drug-likeness (QED) is 0.221. The zero-order valence-electron chi connectivity index (χ0n) is 19.8. The maximum absolute atomic E-state index is 11.3. The summed E-state index contributed by atoms with van der Waals surface area (Å²) in [5, 5.41) is 19.9. The molecule has 0 radical (unpaired) electrons. The third-order valence-electron chi connectivity index (χ3n) is 4.74. The molecule has 0 aliphatic rings. The van der Waals surface area contributed by atoms with Crippen LogP contribution in [0.5, 0.6) is 0 Å². The first-order valence-corrected chi connectivity index (χ1v) is 11.1. The van der Waals surface area contributed by atoms with Gasteiger partial charge in [-0.15, -0.1) is 0 Å². The molecule has 33 heavy (non-hydrogen) atoms. The number of nitrogens with one attached hydrogen (secondary N) is 1. The SMILES string of the molecule is C=Nc1ccccc1/C=C(\C)CCN(CCO)Cc1ccc(/C=C/C(=O)NC#N)cc1.CC. The molecule has 2 N–H and O–H groups in total. The topological polar surface area (TPSA) is 88.7 Å². The van der Waals surface area contributed by atoms with Gasteiger partial charge in [-0.2, -0.15) is 5.26 Å². The molecule has 0 saturated carbocycles. The summed E-state index contributed by atoms with van der Waals surface area (Å²) in [6.07, 6.45) is 7.59. The molecule has 2 rings (SSSR count). The molecule has 6 heteroatoms. The Bertz CT molecular complexity index is 972. The van der Waals surface area contributed by atoms with E-state index >= 15 is 0 Å². The van der Waals surface area contributed by atoms with Gasteiger partial charge in [0.2, 0.25) is 0 Å². The summed E-state index contributed by atoms with van der Waals surface area (Å²) in [7, 11) is 0. The zero-order chi connectivity index (χ0) is 24.5. The first-order chi connectivity index (χ1) is 16.0. The van der Waals surface area contributed by atoms with Gasteiger partial charge < -0.3 is 5.11 Å². The first-order valence-electron chi connectivity index (χ1n) is 11.1. The van der Waals surface area contributed by atoms with Gasteiger partial charge in [-0.05, 0) is 43.3 Å². The molecule has 174 valence electrons. The fourth-order valence-electron chi connectivity index (χ4n) is 3.10. The van der Waals surface area contributed by atoms with E-state index in [-0.39, 0.29) is 6.61 Å². The van der Waals surface area contributed by atoms with Crippen LogP contribution in [0, 0.1) is 11.5 Å². The molecule has 0 aromatic heterocycles. The Morgan fingerprint density at radius 2 is 1.88 bits per heavy atom. The molecule has 0 heterocycles. The Kier molecular flexibility index (Phi) is 13.5. The van der Waals surface area contributed by atoms with E-state index < -0.39 is 5.91 Å². The smallest absolute Gasteiger partial charge is 0.256 e. The number of carbonyl (C=O) groups is 1. The largest absolute Gasteiger partial charge is 0.395 e. The second kappa shape index (κ2) is 16.2. The van der Waals surface area contributed by atoms with E-state index in [1.54, 1.807) is 12.3 Å². The number of carbonyl (C=O) groups excluding carboxylic acids is 1. The predicted molar refractivity (Wildman–Crippen MR) is 137 cm³/mol. The number of amides is 1. The number of hydrogen-bond acceptors (Lipinski definition) is 5. The third-order valence-corrected chi connectivity index (χ3v) is 4.74. The summed E-state index contributed by atoms with van der Waals surface area (Å²) in [5.74, 6) is -0.449. The zero-order valence-corrected chi connectivity index (χ0v) is 19.8. The average molecular weight is 447 g/mol. The fraction of sp³-hybridized carbons (Fsp3) is 0.296. The van der Waals surface area contributed by atoms with Gasteiger partial charge in [0.25, 0.3) is 5.91 Å². The standard InChI is InChI=1S/C25H28N4O2.C2H6/c1-20(17-23-5-3-4-6-24(23)27-2)13-14-29(15-16-30)18-22-9-7-21(8-10-22)11-12-25(31)28-19-26;1-2/h3-12,17,30H,2,13-16,18H2,1H3,(H,28,31);1-2H3/b12-11+,20-17+;. The molecule has 0 fully saturated rings. The lowest BCUT2D eigenvalue weighted by atomic mass is 10.1. The van der Waals surface area contributed by atoms with Crippen molar-refractivity contribution in [2.24, 2.45) is 4.99 Å². The molecule has 0 saturated heterocycles. The number of aliphatic hydroxyl groups excluding tert-OH is 1. The molecule has 0 aliphatic carbocycles. The van der Waals surface area contributed by atoms with Crippen LogP contribution in [0.15, 0.2) is 65.2 Å². The van der Waals surface area contributed by atoms with Crippen LogP contribution in [0.3, 0.4) is 0 Å². The van der Waals surface area contributed by atoms with E-state index in [1.165, 1.54) is 11.6 Å². The van der Waals surface area contributed by atoms with Gasteiger partial charge in [-0.1, -0.05) is 68.0 Å². The van der Waals surface area contributed by atoms with Crippen molar-refractivity contribution in [3.05, 3.63) is 76.9 Å². The number of para-hydroxylation sites is 1. The Balaban J connectivity index is 0.00000265. The number of hydrogen-bond donors (Lipinski definition) is 2. The lowest BCUT2D eigenvalue weighted by molar-refractivity contribution is -0.115. The van der Waals surface area contributed by atoms with Crippen LogP contribution in [0.1, 0.15) is 43.9 Å². The van der Waals surface area contributed by atoms with Crippen molar-refractivity contribution in [2.75, 3.05) is 19.7 Å². The van der Waals surface area contributed by atoms with Crippen molar-refractivity contribution in [1.82, 2.24) is 10.2 Å². The number of nitriles is 1. The summed E-state index contributed by atoms with van der Waals surface area (Å²) < 4.78 is 0. The van der Waals surface area contributed by atoms with Crippen LogP contribution >= 0.6 is 0 Å². The van der Waals surface area contributed by atoms with Crippen molar-refractivity contribution < 1.29 is 9.90 Å². The van der Waals surface area contributed by atoms with Crippen LogP contribution in [-0.2, 0) is 11.3 Å². The van der Waals surface area contributed by atoms with Crippen molar-refractivity contribution in [3.8, 4) is 6.19 Å². The van der Waals surface area contributed by atoms with Crippen molar-refractivity contribution in [2.45, 2.75) is 33.7 Å². The van der Waals surface area contributed by atoms with Gasteiger partial charge in [-0.25, -0.2) is 0 Å².